The third kappa shape index (κ3) is 5.75. The molecule has 10 heteroatoms. The Kier molecular flexibility index (Phi) is 5.25. The van der Waals surface area contributed by atoms with Crippen LogP contribution >= 0.6 is 11.8 Å². The summed E-state index contributed by atoms with van der Waals surface area (Å²) < 4.78 is 40.8. The van der Waals surface area contributed by atoms with Crippen LogP contribution in [0, 0.1) is 0 Å². The first-order valence-corrected chi connectivity index (χ1v) is 5.81. The first-order chi connectivity index (χ1) is 8.38. The van der Waals surface area contributed by atoms with Crippen LogP contribution in [0.25, 0.3) is 0 Å². The number of thioether (sulfide) groups is 1. The Morgan fingerprint density at radius 1 is 1.61 bits per heavy atom. The quantitative estimate of drug-likeness (QED) is 0.650. The van der Waals surface area contributed by atoms with E-state index in [2.05, 4.69) is 20.3 Å². The number of amides is 1. The highest BCUT2D eigenvalue weighted by molar-refractivity contribution is 7.99. The largest absolute Gasteiger partial charge is 0.440 e. The van der Waals surface area contributed by atoms with Crippen LogP contribution in [0.1, 0.15) is 0 Å². The van der Waals surface area contributed by atoms with Gasteiger partial charge in [-0.25, -0.2) is 4.79 Å². The second-order valence-electron chi connectivity index (χ2n) is 3.19. The van der Waals surface area contributed by atoms with Crippen molar-refractivity contribution in [3.05, 3.63) is 6.33 Å². The Labute approximate surface area is 105 Å². The second kappa shape index (κ2) is 6.47. The van der Waals surface area contributed by atoms with Crippen LogP contribution in [0.3, 0.4) is 0 Å². The number of alkyl carbamates (subject to hydrolysis) is 1. The summed E-state index contributed by atoms with van der Waals surface area (Å²) in [4.78, 5) is 10.8. The zero-order valence-corrected chi connectivity index (χ0v) is 10.2. The molecule has 0 aliphatic carbocycles. The third-order valence-corrected chi connectivity index (χ3v) is 2.68. The fourth-order valence-electron chi connectivity index (χ4n) is 0.897. The van der Waals surface area contributed by atoms with Gasteiger partial charge in [-0.15, -0.1) is 10.2 Å². The van der Waals surface area contributed by atoms with Gasteiger partial charge in [0.15, 0.2) is 11.8 Å². The standard InChI is InChI=1S/C8H11F3N4O2S/c1-15-5-13-14-6(15)18-3-2-12-7(16)17-4-8(9,10)11/h5H,2-4H2,1H3,(H,12,16). The minimum Gasteiger partial charge on any atom is -0.440 e. The highest BCUT2D eigenvalue weighted by atomic mass is 32.2. The number of hydrogen-bond donors (Lipinski definition) is 1. The van der Waals surface area contributed by atoms with Gasteiger partial charge < -0.3 is 14.6 Å². The number of halogens is 3. The lowest BCUT2D eigenvalue weighted by molar-refractivity contribution is -0.160. The van der Waals surface area contributed by atoms with E-state index in [-0.39, 0.29) is 6.54 Å². The Hall–Kier alpha value is -1.45. The molecule has 1 N–H and O–H groups in total. The monoisotopic (exact) mass is 284 g/mol. The zero-order valence-electron chi connectivity index (χ0n) is 9.40. The van der Waals surface area contributed by atoms with E-state index in [0.717, 1.165) is 0 Å². The fourth-order valence-corrected chi connectivity index (χ4v) is 1.64. The molecule has 1 rings (SSSR count). The van der Waals surface area contributed by atoms with Crippen LogP contribution in [-0.2, 0) is 11.8 Å². The maximum atomic E-state index is 11.7. The van der Waals surface area contributed by atoms with Crippen LogP contribution in [0.4, 0.5) is 18.0 Å². The van der Waals surface area contributed by atoms with Crippen molar-refractivity contribution in [2.24, 2.45) is 7.05 Å². The summed E-state index contributed by atoms with van der Waals surface area (Å²) in [7, 11) is 1.76. The first kappa shape index (κ1) is 14.6. The molecule has 0 aliphatic rings. The molecule has 1 aromatic rings. The van der Waals surface area contributed by atoms with E-state index in [9.17, 15) is 18.0 Å². The van der Waals surface area contributed by atoms with Gasteiger partial charge in [0, 0.05) is 19.3 Å². The molecule has 18 heavy (non-hydrogen) atoms. The first-order valence-electron chi connectivity index (χ1n) is 4.82. The topological polar surface area (TPSA) is 69.0 Å². The number of rotatable bonds is 5. The van der Waals surface area contributed by atoms with Crippen LogP contribution < -0.4 is 5.32 Å². The van der Waals surface area contributed by atoms with Crippen molar-refractivity contribution < 1.29 is 22.7 Å². The Balaban J connectivity index is 2.11. The lowest BCUT2D eigenvalue weighted by Crippen LogP contribution is -2.30. The zero-order chi connectivity index (χ0) is 13.6. The molecular formula is C8H11F3N4O2S. The van der Waals surface area contributed by atoms with Crippen LogP contribution in [0.5, 0.6) is 0 Å². The number of ether oxygens (including phenoxy) is 1. The minimum atomic E-state index is -4.51. The second-order valence-corrected chi connectivity index (χ2v) is 4.25. The molecule has 0 saturated heterocycles. The Morgan fingerprint density at radius 3 is 2.89 bits per heavy atom. The van der Waals surface area contributed by atoms with Crippen molar-refractivity contribution in [3.63, 3.8) is 0 Å². The molecule has 0 bridgehead atoms. The summed E-state index contributed by atoms with van der Waals surface area (Å²) in [6.45, 7) is -1.41. The van der Waals surface area contributed by atoms with E-state index < -0.39 is 18.9 Å². The van der Waals surface area contributed by atoms with Crippen molar-refractivity contribution in [2.45, 2.75) is 11.3 Å². The van der Waals surface area contributed by atoms with Crippen LogP contribution in [0.15, 0.2) is 11.5 Å². The van der Waals surface area contributed by atoms with Gasteiger partial charge in [0.2, 0.25) is 0 Å². The minimum absolute atomic E-state index is 0.175. The number of carbonyl (C=O) groups is 1. The summed E-state index contributed by atoms with van der Waals surface area (Å²) in [6.07, 6.45) is -4.08. The SMILES string of the molecule is Cn1cnnc1SCCNC(=O)OCC(F)(F)F. The Morgan fingerprint density at radius 2 is 2.33 bits per heavy atom. The highest BCUT2D eigenvalue weighted by Crippen LogP contribution is 2.14. The highest BCUT2D eigenvalue weighted by Gasteiger charge is 2.29. The molecule has 0 saturated carbocycles. The summed E-state index contributed by atoms with van der Waals surface area (Å²) in [6, 6.07) is 0. The number of aryl methyl sites for hydroxylation is 1. The molecular weight excluding hydrogens is 273 g/mol. The third-order valence-electron chi connectivity index (χ3n) is 1.64. The van der Waals surface area contributed by atoms with Gasteiger partial charge in [-0.2, -0.15) is 13.2 Å². The maximum absolute atomic E-state index is 11.7. The molecule has 0 spiro atoms. The number of nitrogens with zero attached hydrogens (tertiary/aromatic N) is 3. The molecule has 0 unspecified atom stereocenters. The van der Waals surface area contributed by atoms with E-state index >= 15 is 0 Å². The van der Waals surface area contributed by atoms with Gasteiger partial charge in [-0.3, -0.25) is 0 Å². The van der Waals surface area contributed by atoms with Crippen LogP contribution in [0.2, 0.25) is 0 Å². The number of aromatic nitrogens is 3. The molecule has 102 valence electrons. The van der Waals surface area contributed by atoms with Gasteiger partial charge in [0.05, 0.1) is 0 Å². The summed E-state index contributed by atoms with van der Waals surface area (Å²) >= 11 is 1.32. The fraction of sp³-hybridized carbons (Fsp3) is 0.625. The number of carbonyl (C=O) groups excluding carboxylic acids is 1. The predicted molar refractivity (Wildman–Crippen MR) is 57.1 cm³/mol. The van der Waals surface area contributed by atoms with Gasteiger partial charge in [0.1, 0.15) is 6.33 Å². The maximum Gasteiger partial charge on any atom is 0.422 e. The molecule has 0 radical (unpaired) electrons. The van der Waals surface area contributed by atoms with Crippen molar-refractivity contribution in [2.75, 3.05) is 18.9 Å². The van der Waals surface area contributed by atoms with Gasteiger partial charge >= 0.3 is 12.3 Å². The normalized spacial score (nSPS) is 11.3. The summed E-state index contributed by atoms with van der Waals surface area (Å²) in [5.41, 5.74) is 0. The molecule has 6 nitrogen and oxygen atoms in total. The average molecular weight is 284 g/mol. The molecule has 1 heterocycles. The van der Waals surface area contributed by atoms with E-state index in [1.54, 1.807) is 11.6 Å². The predicted octanol–water partition coefficient (Wildman–Crippen LogP) is 1.20. The smallest absolute Gasteiger partial charge is 0.422 e. The number of alkyl halides is 3. The molecule has 1 amide bonds. The van der Waals surface area contributed by atoms with Crippen molar-refractivity contribution >= 4 is 17.9 Å². The van der Waals surface area contributed by atoms with E-state index in [4.69, 9.17) is 0 Å². The molecule has 0 atom stereocenters. The van der Waals surface area contributed by atoms with E-state index in [1.165, 1.54) is 18.1 Å². The molecule has 1 aromatic heterocycles. The van der Waals surface area contributed by atoms with E-state index in [0.29, 0.717) is 10.9 Å². The van der Waals surface area contributed by atoms with Gasteiger partial charge in [-0.05, 0) is 0 Å². The lowest BCUT2D eigenvalue weighted by atomic mass is 10.7. The van der Waals surface area contributed by atoms with Crippen molar-refractivity contribution in [1.29, 1.82) is 0 Å². The van der Waals surface area contributed by atoms with Crippen molar-refractivity contribution in [1.82, 2.24) is 20.1 Å². The Bertz CT molecular complexity index is 396. The van der Waals surface area contributed by atoms with E-state index in [1.807, 2.05) is 0 Å². The number of nitrogens with one attached hydrogen (secondary N) is 1. The lowest BCUT2D eigenvalue weighted by Gasteiger charge is -2.08. The molecule has 0 aromatic carbocycles. The summed E-state index contributed by atoms with van der Waals surface area (Å²) in [5, 5.41) is 10.3. The molecule has 0 aliphatic heterocycles. The van der Waals surface area contributed by atoms with Crippen molar-refractivity contribution in [3.8, 4) is 0 Å². The van der Waals surface area contributed by atoms with Gasteiger partial charge in [-0.1, -0.05) is 11.8 Å². The number of hydrogen-bond acceptors (Lipinski definition) is 5. The van der Waals surface area contributed by atoms with Gasteiger partial charge in [0.25, 0.3) is 0 Å². The summed E-state index contributed by atoms with van der Waals surface area (Å²) in [5.74, 6) is 0.452. The molecule has 0 fully saturated rings. The van der Waals surface area contributed by atoms with Crippen LogP contribution in [-0.4, -0.2) is 45.9 Å². The average Bonchev–Trinajstić information content (AvgIpc) is 2.67.